The van der Waals surface area contributed by atoms with Crippen LogP contribution in [0.1, 0.15) is 36.0 Å². The van der Waals surface area contributed by atoms with Gasteiger partial charge in [-0.15, -0.1) is 0 Å². The lowest BCUT2D eigenvalue weighted by Crippen LogP contribution is -2.86. The summed E-state index contributed by atoms with van der Waals surface area (Å²) >= 11 is 0. The van der Waals surface area contributed by atoms with Gasteiger partial charge in [0.2, 0.25) is 11.8 Å². The van der Waals surface area contributed by atoms with E-state index in [0.29, 0.717) is 25.8 Å². The van der Waals surface area contributed by atoms with Gasteiger partial charge in [-0.25, -0.2) is 0 Å². The second-order valence-electron chi connectivity index (χ2n) is 9.43. The van der Waals surface area contributed by atoms with Gasteiger partial charge < -0.3 is 10.2 Å². The molecule has 0 aliphatic carbocycles. The number of carbonyl (C=O) groups excluding carboxylic acids is 2. The topological polar surface area (TPSA) is 49.4 Å². The molecular formula is C28H26N2O2. The van der Waals surface area contributed by atoms with Crippen molar-refractivity contribution < 1.29 is 9.59 Å². The number of hydrogen-bond acceptors (Lipinski definition) is 2. The van der Waals surface area contributed by atoms with Crippen LogP contribution in [0.25, 0.3) is 0 Å². The van der Waals surface area contributed by atoms with Crippen molar-refractivity contribution in [3.8, 4) is 0 Å². The van der Waals surface area contributed by atoms with Crippen LogP contribution in [0.3, 0.4) is 0 Å². The number of rotatable bonds is 4. The first-order valence-electron chi connectivity index (χ1n) is 11.4. The van der Waals surface area contributed by atoms with Gasteiger partial charge >= 0.3 is 0 Å². The average Bonchev–Trinajstić information content (AvgIpc) is 3.30. The van der Waals surface area contributed by atoms with Gasteiger partial charge in [0.25, 0.3) is 0 Å². The maximum absolute atomic E-state index is 14.1. The minimum atomic E-state index is -0.962. The van der Waals surface area contributed by atoms with Crippen LogP contribution in [0.15, 0.2) is 91.0 Å². The van der Waals surface area contributed by atoms with Crippen LogP contribution < -0.4 is 5.32 Å². The SMILES string of the molecule is O=C1N2CCCC23C(=O)NC1(Cc1ccccc1)CC3(c1ccccc1)c1ccccc1. The second-order valence-corrected chi connectivity index (χ2v) is 9.43. The van der Waals surface area contributed by atoms with Crippen LogP contribution in [0, 0.1) is 0 Å². The largest absolute Gasteiger partial charge is 0.339 e. The Morgan fingerprint density at radius 3 is 1.94 bits per heavy atom. The minimum absolute atomic E-state index is 0.00973. The van der Waals surface area contributed by atoms with E-state index in [4.69, 9.17) is 0 Å². The molecule has 7 rings (SSSR count). The third kappa shape index (κ3) is 2.32. The summed E-state index contributed by atoms with van der Waals surface area (Å²) in [6.45, 7) is 0.629. The zero-order chi connectivity index (χ0) is 21.8. The van der Waals surface area contributed by atoms with E-state index in [1.165, 1.54) is 0 Å². The summed E-state index contributed by atoms with van der Waals surface area (Å²) in [5, 5.41) is 3.25. The fraction of sp³-hybridized carbons (Fsp3) is 0.286. The molecule has 32 heavy (non-hydrogen) atoms. The zero-order valence-corrected chi connectivity index (χ0v) is 18.0. The third-order valence-electron chi connectivity index (χ3n) is 7.92. The van der Waals surface area contributed by atoms with E-state index in [1.54, 1.807) is 0 Å². The summed E-state index contributed by atoms with van der Waals surface area (Å²) in [4.78, 5) is 30.0. The van der Waals surface area contributed by atoms with Crippen molar-refractivity contribution in [2.75, 3.05) is 6.54 Å². The highest BCUT2D eigenvalue weighted by Gasteiger charge is 2.75. The molecule has 2 unspecified atom stereocenters. The molecule has 4 nitrogen and oxygen atoms in total. The Morgan fingerprint density at radius 2 is 1.34 bits per heavy atom. The average molecular weight is 423 g/mol. The van der Waals surface area contributed by atoms with Gasteiger partial charge in [0.15, 0.2) is 0 Å². The van der Waals surface area contributed by atoms with E-state index in [-0.39, 0.29) is 11.8 Å². The first kappa shape index (κ1) is 19.3. The predicted molar refractivity (Wildman–Crippen MR) is 123 cm³/mol. The van der Waals surface area contributed by atoms with Gasteiger partial charge in [0.05, 0.1) is 5.41 Å². The Kier molecular flexibility index (Phi) is 4.10. The van der Waals surface area contributed by atoms with E-state index in [9.17, 15) is 9.59 Å². The molecule has 160 valence electrons. The number of amides is 2. The molecule has 2 amide bonds. The Morgan fingerprint density at radius 1 is 0.781 bits per heavy atom. The number of carbonyl (C=O) groups is 2. The molecule has 3 aromatic carbocycles. The number of fused-ring (bicyclic) bond motifs is 2. The summed E-state index contributed by atoms with van der Waals surface area (Å²) in [5.74, 6) is 0.0606. The monoisotopic (exact) mass is 422 g/mol. The highest BCUT2D eigenvalue weighted by Crippen LogP contribution is 2.60. The summed E-state index contributed by atoms with van der Waals surface area (Å²) < 4.78 is 0. The molecule has 4 heterocycles. The number of piperidine rings is 2. The molecular weight excluding hydrogens is 396 g/mol. The maximum Gasteiger partial charge on any atom is 0.249 e. The minimum Gasteiger partial charge on any atom is -0.339 e. The normalized spacial score (nSPS) is 27.8. The quantitative estimate of drug-likeness (QED) is 0.694. The van der Waals surface area contributed by atoms with Crippen molar-refractivity contribution in [2.24, 2.45) is 0 Å². The summed E-state index contributed by atoms with van der Waals surface area (Å²) in [7, 11) is 0. The molecule has 1 spiro atoms. The summed E-state index contributed by atoms with van der Waals surface area (Å²) in [5.41, 5.74) is 0.818. The van der Waals surface area contributed by atoms with Gasteiger partial charge in [-0.3, -0.25) is 9.59 Å². The fourth-order valence-corrected chi connectivity index (χ4v) is 6.74. The van der Waals surface area contributed by atoms with Gasteiger partial charge in [0.1, 0.15) is 11.1 Å². The Labute approximate surface area is 188 Å². The predicted octanol–water partition coefficient (Wildman–Crippen LogP) is 3.85. The van der Waals surface area contributed by atoms with E-state index in [1.807, 2.05) is 71.6 Å². The molecule has 3 aromatic rings. The molecule has 1 N–H and O–H groups in total. The Balaban J connectivity index is 1.64. The number of piperazine rings is 1. The van der Waals surface area contributed by atoms with Gasteiger partial charge in [-0.2, -0.15) is 0 Å². The van der Waals surface area contributed by atoms with Crippen LogP contribution in [0.2, 0.25) is 0 Å². The van der Waals surface area contributed by atoms with Crippen molar-refractivity contribution in [1.82, 2.24) is 10.2 Å². The Hall–Kier alpha value is -3.40. The summed E-state index contributed by atoms with van der Waals surface area (Å²) in [6.07, 6.45) is 2.56. The van der Waals surface area contributed by atoms with E-state index < -0.39 is 16.5 Å². The molecule has 4 aliphatic heterocycles. The van der Waals surface area contributed by atoms with Crippen molar-refractivity contribution >= 4 is 11.8 Å². The molecule has 2 atom stereocenters. The summed E-state index contributed by atoms with van der Waals surface area (Å²) in [6, 6.07) is 30.8. The van der Waals surface area contributed by atoms with Crippen molar-refractivity contribution in [3.05, 3.63) is 108 Å². The smallest absolute Gasteiger partial charge is 0.249 e. The van der Waals surface area contributed by atoms with Crippen LogP contribution in [-0.4, -0.2) is 34.3 Å². The van der Waals surface area contributed by atoms with Crippen LogP contribution in [-0.2, 0) is 21.4 Å². The van der Waals surface area contributed by atoms with E-state index in [0.717, 1.165) is 23.1 Å². The van der Waals surface area contributed by atoms with Crippen LogP contribution in [0.5, 0.6) is 0 Å². The molecule has 4 fully saturated rings. The zero-order valence-electron chi connectivity index (χ0n) is 18.0. The van der Waals surface area contributed by atoms with E-state index in [2.05, 4.69) is 29.6 Å². The molecule has 4 saturated heterocycles. The standard InChI is InChI=1S/C28H26N2O2/c31-24-28-17-10-18-30(28)25(32)26(29-24,19-21-11-4-1-5-12-21)20-27(28,22-13-6-2-7-14-22)23-15-8-3-9-16-23/h1-9,11-16H,10,17-20H2,(H,29,31). The molecule has 4 aliphatic rings. The fourth-order valence-electron chi connectivity index (χ4n) is 6.74. The maximum atomic E-state index is 14.1. The molecule has 2 bridgehead atoms. The lowest BCUT2D eigenvalue weighted by molar-refractivity contribution is -0.176. The first-order chi connectivity index (χ1) is 15.6. The number of nitrogens with one attached hydrogen (secondary N) is 1. The third-order valence-corrected chi connectivity index (χ3v) is 7.92. The number of hydrogen-bond donors (Lipinski definition) is 1. The van der Waals surface area contributed by atoms with Crippen LogP contribution in [0.4, 0.5) is 0 Å². The lowest BCUT2D eigenvalue weighted by atomic mass is 9.49. The second kappa shape index (κ2) is 6.80. The van der Waals surface area contributed by atoms with Gasteiger partial charge in [-0.05, 0) is 36.0 Å². The Bertz CT molecular complexity index is 1140. The van der Waals surface area contributed by atoms with Crippen molar-refractivity contribution in [1.29, 1.82) is 0 Å². The first-order valence-corrected chi connectivity index (χ1v) is 11.4. The number of nitrogens with zero attached hydrogens (tertiary/aromatic N) is 1. The van der Waals surface area contributed by atoms with Crippen LogP contribution >= 0.6 is 0 Å². The molecule has 0 aromatic heterocycles. The van der Waals surface area contributed by atoms with Crippen molar-refractivity contribution in [3.63, 3.8) is 0 Å². The lowest BCUT2D eigenvalue weighted by Gasteiger charge is -2.65. The molecule has 0 saturated carbocycles. The van der Waals surface area contributed by atoms with Gasteiger partial charge in [0, 0.05) is 13.0 Å². The number of benzene rings is 3. The highest BCUT2D eigenvalue weighted by atomic mass is 16.2. The van der Waals surface area contributed by atoms with E-state index >= 15 is 0 Å². The van der Waals surface area contributed by atoms with Crippen molar-refractivity contribution in [2.45, 2.75) is 42.2 Å². The highest BCUT2D eigenvalue weighted by molar-refractivity contribution is 6.07. The molecule has 4 heteroatoms. The van der Waals surface area contributed by atoms with Gasteiger partial charge in [-0.1, -0.05) is 91.0 Å². The molecule has 0 radical (unpaired) electrons.